The van der Waals surface area contributed by atoms with E-state index in [1.807, 2.05) is 50.5 Å². The van der Waals surface area contributed by atoms with Gasteiger partial charge in [-0.2, -0.15) is 4.98 Å². The molecule has 1 N–H and O–H groups in total. The summed E-state index contributed by atoms with van der Waals surface area (Å²) in [5.41, 5.74) is 1.87. The summed E-state index contributed by atoms with van der Waals surface area (Å²) < 4.78 is 10.8. The molecular formula is C23H27ClN4O3. The van der Waals surface area contributed by atoms with Crippen LogP contribution in [0, 0.1) is 0 Å². The van der Waals surface area contributed by atoms with Gasteiger partial charge in [0.1, 0.15) is 5.75 Å². The summed E-state index contributed by atoms with van der Waals surface area (Å²) in [6.45, 7) is 0.494. The van der Waals surface area contributed by atoms with Crippen molar-refractivity contribution in [3.05, 3.63) is 65.0 Å². The molecule has 0 saturated heterocycles. The second kappa shape index (κ2) is 10.9. The lowest BCUT2D eigenvalue weighted by molar-refractivity contribution is -0.121. The zero-order chi connectivity index (χ0) is 22.2. The van der Waals surface area contributed by atoms with Crippen LogP contribution in [-0.4, -0.2) is 48.7 Å². The number of amides is 1. The molecule has 1 unspecified atom stereocenters. The van der Waals surface area contributed by atoms with Gasteiger partial charge < -0.3 is 19.5 Å². The molecule has 164 valence electrons. The fourth-order valence-corrected chi connectivity index (χ4v) is 3.41. The van der Waals surface area contributed by atoms with Gasteiger partial charge in [0.2, 0.25) is 17.6 Å². The highest BCUT2D eigenvalue weighted by Gasteiger charge is 2.19. The Labute approximate surface area is 187 Å². The van der Waals surface area contributed by atoms with Crippen LogP contribution in [0.3, 0.4) is 0 Å². The van der Waals surface area contributed by atoms with Crippen LogP contribution in [0.4, 0.5) is 0 Å². The Hall–Kier alpha value is -2.90. The molecule has 3 aromatic rings. The summed E-state index contributed by atoms with van der Waals surface area (Å²) in [6.07, 6.45) is 1.54. The molecule has 8 heteroatoms. The van der Waals surface area contributed by atoms with E-state index in [0.717, 1.165) is 16.9 Å². The van der Waals surface area contributed by atoms with E-state index in [9.17, 15) is 4.79 Å². The fourth-order valence-electron chi connectivity index (χ4n) is 3.28. The molecule has 1 aromatic heterocycles. The Morgan fingerprint density at radius 2 is 1.94 bits per heavy atom. The lowest BCUT2D eigenvalue weighted by Gasteiger charge is -2.26. The molecule has 7 nitrogen and oxygen atoms in total. The summed E-state index contributed by atoms with van der Waals surface area (Å²) in [7, 11) is 5.62. The monoisotopic (exact) mass is 442 g/mol. The molecule has 0 radical (unpaired) electrons. The van der Waals surface area contributed by atoms with Gasteiger partial charge in [-0.3, -0.25) is 4.79 Å². The van der Waals surface area contributed by atoms with Gasteiger partial charge in [0.25, 0.3) is 0 Å². The molecule has 1 amide bonds. The zero-order valence-electron chi connectivity index (χ0n) is 18.0. The highest BCUT2D eigenvalue weighted by atomic mass is 35.5. The molecule has 2 aromatic carbocycles. The van der Waals surface area contributed by atoms with E-state index in [-0.39, 0.29) is 11.9 Å². The fraction of sp³-hybridized carbons (Fsp3) is 0.348. The minimum absolute atomic E-state index is 0.0120. The van der Waals surface area contributed by atoms with Gasteiger partial charge in [0.05, 0.1) is 13.2 Å². The average molecular weight is 443 g/mol. The molecule has 0 spiro atoms. The van der Waals surface area contributed by atoms with Crippen molar-refractivity contribution in [2.75, 3.05) is 27.7 Å². The van der Waals surface area contributed by atoms with Crippen molar-refractivity contribution in [2.24, 2.45) is 0 Å². The number of carbonyl (C=O) groups is 1. The van der Waals surface area contributed by atoms with Crippen LogP contribution in [0.2, 0.25) is 5.02 Å². The van der Waals surface area contributed by atoms with Gasteiger partial charge in [-0.05, 0) is 50.8 Å². The molecule has 0 aliphatic heterocycles. The highest BCUT2D eigenvalue weighted by molar-refractivity contribution is 6.30. The average Bonchev–Trinajstić information content (AvgIpc) is 3.23. The first-order chi connectivity index (χ1) is 15.0. The second-order valence-corrected chi connectivity index (χ2v) is 7.83. The summed E-state index contributed by atoms with van der Waals surface area (Å²) in [5, 5.41) is 7.67. The number of aryl methyl sites for hydroxylation is 1. The molecule has 1 heterocycles. The third kappa shape index (κ3) is 6.29. The van der Waals surface area contributed by atoms with Crippen molar-refractivity contribution < 1.29 is 14.1 Å². The van der Waals surface area contributed by atoms with E-state index in [2.05, 4.69) is 20.4 Å². The standard InChI is InChI=1S/C23H27ClN4O3/c1-28(2)19(18-7-4-5-8-20(18)30-3)15-25-21(29)9-6-10-22-26-23(27-31-22)16-11-13-17(24)14-12-16/h4-5,7-8,11-14,19H,6,9-10,15H2,1-3H3,(H,25,29). The molecule has 0 aliphatic rings. The summed E-state index contributed by atoms with van der Waals surface area (Å²) >= 11 is 5.90. The molecule has 0 fully saturated rings. The lowest BCUT2D eigenvalue weighted by Crippen LogP contribution is -2.34. The Bertz CT molecular complexity index is 988. The van der Waals surface area contributed by atoms with E-state index >= 15 is 0 Å². The number of benzene rings is 2. The number of para-hydroxylation sites is 1. The Kier molecular flexibility index (Phi) is 8.03. The maximum absolute atomic E-state index is 12.4. The lowest BCUT2D eigenvalue weighted by atomic mass is 10.0. The van der Waals surface area contributed by atoms with Crippen LogP contribution in [0.25, 0.3) is 11.4 Å². The minimum atomic E-state index is -0.0146. The first kappa shape index (κ1) is 22.8. The Morgan fingerprint density at radius 3 is 2.65 bits per heavy atom. The van der Waals surface area contributed by atoms with Gasteiger partial charge >= 0.3 is 0 Å². The summed E-state index contributed by atoms with van der Waals surface area (Å²) in [5.74, 6) is 1.82. The van der Waals surface area contributed by atoms with Crippen LogP contribution in [0.1, 0.15) is 30.3 Å². The van der Waals surface area contributed by atoms with Gasteiger partial charge in [0, 0.05) is 35.5 Å². The minimum Gasteiger partial charge on any atom is -0.496 e. The van der Waals surface area contributed by atoms with Gasteiger partial charge in [-0.1, -0.05) is 35.0 Å². The third-order valence-corrected chi connectivity index (χ3v) is 5.23. The number of halogens is 1. The highest BCUT2D eigenvalue weighted by Crippen LogP contribution is 2.27. The van der Waals surface area contributed by atoms with E-state index < -0.39 is 0 Å². The van der Waals surface area contributed by atoms with Gasteiger partial charge in [0.15, 0.2) is 0 Å². The summed E-state index contributed by atoms with van der Waals surface area (Å²) in [6, 6.07) is 15.1. The Morgan fingerprint density at radius 1 is 1.19 bits per heavy atom. The van der Waals surface area contributed by atoms with Gasteiger partial charge in [-0.15, -0.1) is 0 Å². The van der Waals surface area contributed by atoms with Crippen LogP contribution >= 0.6 is 11.6 Å². The van der Waals surface area contributed by atoms with Crippen molar-refractivity contribution in [3.8, 4) is 17.1 Å². The van der Waals surface area contributed by atoms with Crippen molar-refractivity contribution >= 4 is 17.5 Å². The largest absolute Gasteiger partial charge is 0.496 e. The second-order valence-electron chi connectivity index (χ2n) is 7.40. The molecule has 1 atom stereocenters. The van der Waals surface area contributed by atoms with E-state index in [1.165, 1.54) is 0 Å². The smallest absolute Gasteiger partial charge is 0.226 e. The van der Waals surface area contributed by atoms with Gasteiger partial charge in [-0.25, -0.2) is 0 Å². The normalized spacial score (nSPS) is 12.0. The molecule has 0 bridgehead atoms. The molecule has 31 heavy (non-hydrogen) atoms. The maximum atomic E-state index is 12.4. The molecule has 0 saturated carbocycles. The van der Waals surface area contributed by atoms with Crippen molar-refractivity contribution in [1.29, 1.82) is 0 Å². The Balaban J connectivity index is 1.48. The van der Waals surface area contributed by atoms with Crippen molar-refractivity contribution in [2.45, 2.75) is 25.3 Å². The number of hydrogen-bond donors (Lipinski definition) is 1. The van der Waals surface area contributed by atoms with Crippen LogP contribution in [0.5, 0.6) is 5.75 Å². The number of nitrogens with zero attached hydrogens (tertiary/aromatic N) is 3. The third-order valence-electron chi connectivity index (χ3n) is 4.98. The number of hydrogen-bond acceptors (Lipinski definition) is 6. The number of nitrogens with one attached hydrogen (secondary N) is 1. The number of rotatable bonds is 10. The quantitative estimate of drug-likeness (QED) is 0.508. The van der Waals surface area contributed by atoms with Crippen LogP contribution in [-0.2, 0) is 11.2 Å². The maximum Gasteiger partial charge on any atom is 0.226 e. The summed E-state index contributed by atoms with van der Waals surface area (Å²) in [4.78, 5) is 18.8. The van der Waals surface area contributed by atoms with Crippen molar-refractivity contribution in [3.63, 3.8) is 0 Å². The van der Waals surface area contributed by atoms with Crippen molar-refractivity contribution in [1.82, 2.24) is 20.4 Å². The topological polar surface area (TPSA) is 80.5 Å². The first-order valence-corrected chi connectivity index (χ1v) is 10.5. The van der Waals surface area contributed by atoms with E-state index in [0.29, 0.717) is 42.5 Å². The molecule has 3 rings (SSSR count). The number of methoxy groups -OCH3 is 1. The van der Waals surface area contributed by atoms with Crippen LogP contribution in [0.15, 0.2) is 53.1 Å². The predicted octanol–water partition coefficient (Wildman–Crippen LogP) is 4.14. The van der Waals surface area contributed by atoms with Crippen LogP contribution < -0.4 is 10.1 Å². The number of carbonyl (C=O) groups excluding carboxylic acids is 1. The van der Waals surface area contributed by atoms with E-state index in [4.69, 9.17) is 20.9 Å². The number of likely N-dealkylation sites (N-methyl/N-ethyl adjacent to an activating group) is 1. The molecule has 0 aliphatic carbocycles. The molecular weight excluding hydrogens is 416 g/mol. The number of aromatic nitrogens is 2. The zero-order valence-corrected chi connectivity index (χ0v) is 18.7. The van der Waals surface area contributed by atoms with E-state index in [1.54, 1.807) is 19.2 Å². The predicted molar refractivity (Wildman–Crippen MR) is 120 cm³/mol. The first-order valence-electron chi connectivity index (χ1n) is 10.1. The SMILES string of the molecule is COc1ccccc1C(CNC(=O)CCCc1nc(-c2ccc(Cl)cc2)no1)N(C)C. The number of ether oxygens (including phenoxy) is 1.